The Morgan fingerprint density at radius 1 is 1.20 bits per heavy atom. The van der Waals surface area contributed by atoms with Crippen LogP contribution in [0.1, 0.15) is 46.1 Å². The Morgan fingerprint density at radius 2 is 1.85 bits per heavy atom. The highest BCUT2D eigenvalue weighted by Crippen LogP contribution is 2.24. The maximum absolute atomic E-state index is 4.35. The third kappa shape index (κ3) is 4.78. The van der Waals surface area contributed by atoms with E-state index in [0.29, 0.717) is 11.8 Å². The predicted molar refractivity (Wildman–Crippen MR) is 86.0 cm³/mol. The van der Waals surface area contributed by atoms with Crippen LogP contribution in [0.15, 0.2) is 18.5 Å². The second kappa shape index (κ2) is 7.07. The lowest BCUT2D eigenvalue weighted by Crippen LogP contribution is -2.32. The van der Waals surface area contributed by atoms with Crippen molar-refractivity contribution in [3.63, 3.8) is 0 Å². The number of nitrogens with one attached hydrogen (secondary N) is 1. The highest BCUT2D eigenvalue weighted by molar-refractivity contribution is 5.51. The Kier molecular flexibility index (Phi) is 5.41. The highest BCUT2D eigenvalue weighted by atomic mass is 15.1. The van der Waals surface area contributed by atoms with Gasteiger partial charge in [0, 0.05) is 31.9 Å². The molecule has 0 aliphatic heterocycles. The first kappa shape index (κ1) is 15.3. The molecule has 0 aromatic carbocycles. The maximum atomic E-state index is 4.35. The molecule has 0 amide bonds. The average molecular weight is 275 g/mol. The normalized spacial score (nSPS) is 15.1. The van der Waals surface area contributed by atoms with E-state index in [1.165, 1.54) is 24.1 Å². The van der Waals surface area contributed by atoms with Crippen LogP contribution in [0.25, 0.3) is 0 Å². The molecular formula is C17H29N3. The number of anilines is 1. The Balaban J connectivity index is 2.11. The topological polar surface area (TPSA) is 28.2 Å². The minimum absolute atomic E-state index is 0.665. The Hall–Kier alpha value is -1.09. The summed E-state index contributed by atoms with van der Waals surface area (Å²) in [5, 5.41) is 3.62. The molecule has 0 radical (unpaired) electrons. The van der Waals surface area contributed by atoms with E-state index in [1.54, 1.807) is 0 Å². The number of pyridine rings is 1. The minimum Gasteiger partial charge on any atom is -0.370 e. The molecule has 112 valence electrons. The minimum atomic E-state index is 0.665. The van der Waals surface area contributed by atoms with Gasteiger partial charge < -0.3 is 10.2 Å². The highest BCUT2D eigenvalue weighted by Gasteiger charge is 2.21. The first-order valence-electron chi connectivity index (χ1n) is 7.97. The van der Waals surface area contributed by atoms with Gasteiger partial charge in [0.05, 0.1) is 11.9 Å². The zero-order valence-electron chi connectivity index (χ0n) is 13.4. The molecule has 0 bridgehead atoms. The van der Waals surface area contributed by atoms with E-state index < -0.39 is 0 Å². The van der Waals surface area contributed by atoms with Crippen LogP contribution >= 0.6 is 0 Å². The summed E-state index contributed by atoms with van der Waals surface area (Å²) >= 11 is 0. The van der Waals surface area contributed by atoms with Crippen LogP contribution in [0, 0.1) is 11.8 Å². The zero-order valence-corrected chi connectivity index (χ0v) is 13.4. The van der Waals surface area contributed by atoms with Crippen LogP contribution in [-0.4, -0.2) is 24.1 Å². The molecule has 1 aromatic rings. The summed E-state index contributed by atoms with van der Waals surface area (Å²) in [6.45, 7) is 12.3. The summed E-state index contributed by atoms with van der Waals surface area (Å²) in [5.41, 5.74) is 2.69. The first-order valence-corrected chi connectivity index (χ1v) is 7.97. The van der Waals surface area contributed by atoms with E-state index in [2.05, 4.69) is 49.0 Å². The molecular weight excluding hydrogens is 246 g/mol. The molecule has 20 heavy (non-hydrogen) atoms. The van der Waals surface area contributed by atoms with Crippen molar-refractivity contribution >= 4 is 5.69 Å². The lowest BCUT2D eigenvalue weighted by molar-refractivity contribution is 0.549. The molecule has 1 aliphatic carbocycles. The molecule has 1 fully saturated rings. The SMILES string of the molecule is CC(C)CN(CC(C)C)c1cnccc1CNC1CC1. The number of hydrogen-bond donors (Lipinski definition) is 1. The predicted octanol–water partition coefficient (Wildman–Crippen LogP) is 3.45. The molecule has 2 rings (SSSR count). The standard InChI is InChI=1S/C17H29N3/c1-13(2)11-20(12-14(3)4)17-10-18-8-7-15(17)9-19-16-5-6-16/h7-8,10,13-14,16,19H,5-6,9,11-12H2,1-4H3. The van der Waals surface area contributed by atoms with Crippen LogP contribution in [0.2, 0.25) is 0 Å². The third-order valence-corrected chi connectivity index (χ3v) is 3.56. The van der Waals surface area contributed by atoms with Gasteiger partial charge in [0.1, 0.15) is 0 Å². The molecule has 1 aromatic heterocycles. The fourth-order valence-corrected chi connectivity index (χ4v) is 2.54. The van der Waals surface area contributed by atoms with Crippen molar-refractivity contribution in [2.75, 3.05) is 18.0 Å². The Labute approximate surface area is 123 Å². The van der Waals surface area contributed by atoms with Crippen molar-refractivity contribution < 1.29 is 0 Å². The zero-order chi connectivity index (χ0) is 14.5. The number of hydrogen-bond acceptors (Lipinski definition) is 3. The van der Waals surface area contributed by atoms with Crippen LogP contribution in [-0.2, 0) is 6.54 Å². The Morgan fingerprint density at radius 3 is 2.40 bits per heavy atom. The smallest absolute Gasteiger partial charge is 0.0598 e. The van der Waals surface area contributed by atoms with Crippen LogP contribution in [0.3, 0.4) is 0 Å². The summed E-state index contributed by atoms with van der Waals surface area (Å²) in [4.78, 5) is 6.86. The largest absolute Gasteiger partial charge is 0.370 e. The number of nitrogens with zero attached hydrogens (tertiary/aromatic N) is 2. The van der Waals surface area contributed by atoms with Gasteiger partial charge in [0.25, 0.3) is 0 Å². The van der Waals surface area contributed by atoms with E-state index in [-0.39, 0.29) is 0 Å². The molecule has 1 saturated carbocycles. The van der Waals surface area contributed by atoms with Crippen molar-refractivity contribution in [1.29, 1.82) is 0 Å². The van der Waals surface area contributed by atoms with Gasteiger partial charge in [0.15, 0.2) is 0 Å². The lowest BCUT2D eigenvalue weighted by Gasteiger charge is -2.30. The molecule has 1 aliphatic rings. The summed E-state index contributed by atoms with van der Waals surface area (Å²) in [6, 6.07) is 2.91. The quantitative estimate of drug-likeness (QED) is 0.787. The fraction of sp³-hybridized carbons (Fsp3) is 0.706. The van der Waals surface area contributed by atoms with E-state index in [9.17, 15) is 0 Å². The average Bonchev–Trinajstić information content (AvgIpc) is 3.19. The maximum Gasteiger partial charge on any atom is 0.0598 e. The lowest BCUT2D eigenvalue weighted by atomic mass is 10.1. The van der Waals surface area contributed by atoms with Crippen molar-refractivity contribution in [3.8, 4) is 0 Å². The first-order chi connectivity index (χ1) is 9.56. The van der Waals surface area contributed by atoms with E-state index >= 15 is 0 Å². The van der Waals surface area contributed by atoms with E-state index in [4.69, 9.17) is 0 Å². The van der Waals surface area contributed by atoms with Crippen molar-refractivity contribution in [2.24, 2.45) is 11.8 Å². The van der Waals surface area contributed by atoms with Gasteiger partial charge in [-0.25, -0.2) is 0 Å². The van der Waals surface area contributed by atoms with Gasteiger partial charge in [-0.05, 0) is 36.3 Å². The molecule has 0 atom stereocenters. The van der Waals surface area contributed by atoms with Gasteiger partial charge in [-0.15, -0.1) is 0 Å². The van der Waals surface area contributed by atoms with Crippen LogP contribution in [0.4, 0.5) is 5.69 Å². The molecule has 3 heteroatoms. The number of aromatic nitrogens is 1. The molecule has 0 saturated heterocycles. The Bertz CT molecular complexity index is 400. The molecule has 1 N–H and O–H groups in total. The van der Waals surface area contributed by atoms with Crippen molar-refractivity contribution in [1.82, 2.24) is 10.3 Å². The monoisotopic (exact) mass is 275 g/mol. The summed E-state index contributed by atoms with van der Waals surface area (Å²) in [6.07, 6.45) is 6.62. The molecule has 0 unspecified atom stereocenters. The van der Waals surface area contributed by atoms with Crippen molar-refractivity contribution in [2.45, 2.75) is 53.1 Å². The van der Waals surface area contributed by atoms with Crippen molar-refractivity contribution in [3.05, 3.63) is 24.0 Å². The third-order valence-electron chi connectivity index (χ3n) is 3.56. The van der Waals surface area contributed by atoms with E-state index in [0.717, 1.165) is 25.7 Å². The summed E-state index contributed by atoms with van der Waals surface area (Å²) in [7, 11) is 0. The summed E-state index contributed by atoms with van der Waals surface area (Å²) < 4.78 is 0. The fourth-order valence-electron chi connectivity index (χ4n) is 2.54. The van der Waals surface area contributed by atoms with Crippen LogP contribution in [0.5, 0.6) is 0 Å². The van der Waals surface area contributed by atoms with Gasteiger partial charge in [-0.2, -0.15) is 0 Å². The molecule has 1 heterocycles. The number of rotatable bonds is 8. The van der Waals surface area contributed by atoms with E-state index in [1.807, 2.05) is 12.4 Å². The second-order valence-corrected chi connectivity index (χ2v) is 6.85. The van der Waals surface area contributed by atoms with Crippen LogP contribution < -0.4 is 10.2 Å². The molecule has 3 nitrogen and oxygen atoms in total. The second-order valence-electron chi connectivity index (χ2n) is 6.85. The van der Waals surface area contributed by atoms with Gasteiger partial charge in [-0.1, -0.05) is 27.7 Å². The van der Waals surface area contributed by atoms with Gasteiger partial charge >= 0.3 is 0 Å². The summed E-state index contributed by atoms with van der Waals surface area (Å²) in [5.74, 6) is 1.33. The van der Waals surface area contributed by atoms with Gasteiger partial charge in [0.2, 0.25) is 0 Å². The van der Waals surface area contributed by atoms with Gasteiger partial charge in [-0.3, -0.25) is 4.98 Å². The molecule has 0 spiro atoms.